The largest absolute Gasteiger partial charge is 0.396 e. The van der Waals surface area contributed by atoms with Crippen molar-refractivity contribution in [3.05, 3.63) is 28.8 Å². The summed E-state index contributed by atoms with van der Waals surface area (Å²) in [6.45, 7) is 0.620. The highest BCUT2D eigenvalue weighted by molar-refractivity contribution is 7.97. The van der Waals surface area contributed by atoms with E-state index in [4.69, 9.17) is 11.6 Å². The molecule has 0 saturated heterocycles. The molecule has 110 valence electrons. The Morgan fingerprint density at radius 3 is 2.85 bits per heavy atom. The molecule has 0 unspecified atom stereocenters. The first-order chi connectivity index (χ1) is 9.58. The zero-order valence-corrected chi connectivity index (χ0v) is 13.0. The second-order valence-electron chi connectivity index (χ2n) is 5.21. The Balaban J connectivity index is 1.91. The summed E-state index contributed by atoms with van der Waals surface area (Å²) in [5.41, 5.74) is 1.64. The van der Waals surface area contributed by atoms with Gasteiger partial charge in [0, 0.05) is 17.7 Å². The van der Waals surface area contributed by atoms with Crippen molar-refractivity contribution in [3.8, 4) is 0 Å². The summed E-state index contributed by atoms with van der Waals surface area (Å²) in [7, 11) is 0. The van der Waals surface area contributed by atoms with Gasteiger partial charge < -0.3 is 15.7 Å². The summed E-state index contributed by atoms with van der Waals surface area (Å²) in [6, 6.07) is 5.34. The second-order valence-corrected chi connectivity index (χ2v) is 6.49. The molecule has 1 aromatic rings. The predicted octanol–water partition coefficient (Wildman–Crippen LogP) is 3.10. The summed E-state index contributed by atoms with van der Waals surface area (Å²) < 4.78 is 0. The van der Waals surface area contributed by atoms with E-state index in [0.717, 1.165) is 24.2 Å². The molecule has 6 heteroatoms. The maximum Gasteiger partial charge on any atom is 0.319 e. The van der Waals surface area contributed by atoms with Crippen LogP contribution in [0.4, 0.5) is 10.5 Å². The summed E-state index contributed by atoms with van der Waals surface area (Å²) in [4.78, 5) is 11.9. The van der Waals surface area contributed by atoms with Crippen LogP contribution >= 0.6 is 23.4 Å². The van der Waals surface area contributed by atoms with Crippen molar-refractivity contribution >= 4 is 35.1 Å². The average molecular weight is 315 g/mol. The number of aliphatic hydroxyl groups is 1. The molecule has 0 atom stereocenters. The lowest BCUT2D eigenvalue weighted by atomic mass is 10.1. The van der Waals surface area contributed by atoms with Gasteiger partial charge in [-0.3, -0.25) is 0 Å². The number of urea groups is 1. The van der Waals surface area contributed by atoms with Crippen molar-refractivity contribution in [3.63, 3.8) is 0 Å². The van der Waals surface area contributed by atoms with Crippen molar-refractivity contribution in [2.24, 2.45) is 5.41 Å². The van der Waals surface area contributed by atoms with Crippen molar-refractivity contribution in [2.45, 2.75) is 18.6 Å². The van der Waals surface area contributed by atoms with Crippen LogP contribution in [0.3, 0.4) is 0 Å². The van der Waals surface area contributed by atoms with E-state index in [2.05, 4.69) is 10.6 Å². The predicted molar refractivity (Wildman–Crippen MR) is 84.4 cm³/mol. The van der Waals surface area contributed by atoms with E-state index in [1.165, 1.54) is 0 Å². The highest BCUT2D eigenvalue weighted by Crippen LogP contribution is 2.44. The van der Waals surface area contributed by atoms with Crippen LogP contribution in [-0.2, 0) is 5.75 Å². The van der Waals surface area contributed by atoms with Gasteiger partial charge in [-0.25, -0.2) is 4.79 Å². The number of benzene rings is 1. The van der Waals surface area contributed by atoms with Crippen LogP contribution in [0.25, 0.3) is 0 Å². The first-order valence-corrected chi connectivity index (χ1v) is 8.29. The molecule has 1 aliphatic carbocycles. The smallest absolute Gasteiger partial charge is 0.319 e. The molecule has 1 aliphatic rings. The molecule has 4 nitrogen and oxygen atoms in total. The van der Waals surface area contributed by atoms with Crippen LogP contribution in [-0.4, -0.2) is 30.5 Å². The number of thioether (sulfide) groups is 1. The Morgan fingerprint density at radius 2 is 2.25 bits per heavy atom. The van der Waals surface area contributed by atoms with Crippen LogP contribution in [0.5, 0.6) is 0 Å². The molecule has 1 fully saturated rings. The molecule has 0 bridgehead atoms. The van der Waals surface area contributed by atoms with E-state index in [-0.39, 0.29) is 18.1 Å². The third-order valence-electron chi connectivity index (χ3n) is 3.51. The minimum absolute atomic E-state index is 0.0954. The van der Waals surface area contributed by atoms with Crippen LogP contribution in [0.2, 0.25) is 5.02 Å². The van der Waals surface area contributed by atoms with Gasteiger partial charge in [-0.05, 0) is 36.8 Å². The molecule has 1 aromatic carbocycles. The van der Waals surface area contributed by atoms with E-state index < -0.39 is 0 Å². The zero-order chi connectivity index (χ0) is 14.6. The number of aliphatic hydroxyl groups excluding tert-OH is 1. The number of amides is 2. The standard InChI is InChI=1S/C14H19ClN2O2S/c1-20-7-10-2-3-11(15)12(6-10)17-13(19)16-8-14(9-18)4-5-14/h2-3,6,18H,4-5,7-9H2,1H3,(H2,16,17,19). The van der Waals surface area contributed by atoms with Gasteiger partial charge in [0.1, 0.15) is 0 Å². The third-order valence-corrected chi connectivity index (χ3v) is 4.46. The van der Waals surface area contributed by atoms with E-state index in [1.807, 2.05) is 18.4 Å². The van der Waals surface area contributed by atoms with Crippen molar-refractivity contribution in [2.75, 3.05) is 24.7 Å². The number of anilines is 1. The molecule has 0 heterocycles. The lowest BCUT2D eigenvalue weighted by Crippen LogP contribution is -2.35. The second kappa shape index (κ2) is 6.70. The first kappa shape index (κ1) is 15.5. The summed E-state index contributed by atoms with van der Waals surface area (Å²) in [5, 5.41) is 15.3. The zero-order valence-electron chi connectivity index (χ0n) is 11.4. The number of halogens is 1. The molecule has 0 radical (unpaired) electrons. The van der Waals surface area contributed by atoms with Crippen LogP contribution < -0.4 is 10.6 Å². The van der Waals surface area contributed by atoms with E-state index >= 15 is 0 Å². The lowest BCUT2D eigenvalue weighted by molar-refractivity contribution is 0.206. The Morgan fingerprint density at radius 1 is 1.50 bits per heavy atom. The van der Waals surface area contributed by atoms with E-state index in [0.29, 0.717) is 17.3 Å². The van der Waals surface area contributed by atoms with Gasteiger partial charge in [-0.2, -0.15) is 11.8 Å². The Hall–Kier alpha value is -0.910. The minimum atomic E-state index is -0.284. The molecule has 0 aromatic heterocycles. The van der Waals surface area contributed by atoms with E-state index in [1.54, 1.807) is 17.8 Å². The molecule has 20 heavy (non-hydrogen) atoms. The Labute approximate surface area is 128 Å². The average Bonchev–Trinajstić information content (AvgIpc) is 3.21. The maximum atomic E-state index is 11.9. The monoisotopic (exact) mass is 314 g/mol. The Bertz CT molecular complexity index is 492. The van der Waals surface area contributed by atoms with Gasteiger partial charge >= 0.3 is 6.03 Å². The molecular weight excluding hydrogens is 296 g/mol. The van der Waals surface area contributed by atoms with Gasteiger partial charge in [0.25, 0.3) is 0 Å². The Kier molecular flexibility index (Phi) is 5.18. The van der Waals surface area contributed by atoms with Crippen molar-refractivity contribution < 1.29 is 9.90 Å². The normalized spacial score (nSPS) is 15.8. The first-order valence-electron chi connectivity index (χ1n) is 6.52. The van der Waals surface area contributed by atoms with Gasteiger partial charge in [0.15, 0.2) is 0 Å². The quantitative estimate of drug-likeness (QED) is 0.756. The highest BCUT2D eigenvalue weighted by atomic mass is 35.5. The number of carbonyl (C=O) groups is 1. The van der Waals surface area contributed by atoms with Crippen LogP contribution in [0, 0.1) is 5.41 Å². The maximum absolute atomic E-state index is 11.9. The van der Waals surface area contributed by atoms with Crippen molar-refractivity contribution in [1.82, 2.24) is 5.32 Å². The topological polar surface area (TPSA) is 61.4 Å². The highest BCUT2D eigenvalue weighted by Gasteiger charge is 2.42. The fourth-order valence-electron chi connectivity index (χ4n) is 1.93. The van der Waals surface area contributed by atoms with Gasteiger partial charge in [0.05, 0.1) is 17.3 Å². The number of hydrogen-bond donors (Lipinski definition) is 3. The number of carbonyl (C=O) groups excluding carboxylic acids is 1. The summed E-state index contributed by atoms with van der Waals surface area (Å²) >= 11 is 7.79. The molecule has 3 N–H and O–H groups in total. The summed E-state index contributed by atoms with van der Waals surface area (Å²) in [5.74, 6) is 0.876. The van der Waals surface area contributed by atoms with Gasteiger partial charge in [-0.1, -0.05) is 17.7 Å². The SMILES string of the molecule is CSCc1ccc(Cl)c(NC(=O)NCC2(CO)CC2)c1. The van der Waals surface area contributed by atoms with Crippen molar-refractivity contribution in [1.29, 1.82) is 0 Å². The molecule has 1 saturated carbocycles. The minimum Gasteiger partial charge on any atom is -0.396 e. The molecule has 0 spiro atoms. The van der Waals surface area contributed by atoms with Crippen LogP contribution in [0.15, 0.2) is 18.2 Å². The fourth-order valence-corrected chi connectivity index (χ4v) is 2.60. The molecule has 2 rings (SSSR count). The third kappa shape index (κ3) is 4.04. The van der Waals surface area contributed by atoms with Crippen LogP contribution in [0.1, 0.15) is 18.4 Å². The summed E-state index contributed by atoms with van der Waals surface area (Å²) in [6.07, 6.45) is 3.96. The molecule has 0 aliphatic heterocycles. The molecular formula is C14H19ClN2O2S. The number of hydrogen-bond acceptors (Lipinski definition) is 3. The molecule has 2 amide bonds. The number of rotatable bonds is 6. The lowest BCUT2D eigenvalue weighted by Gasteiger charge is -2.14. The van der Waals surface area contributed by atoms with E-state index in [9.17, 15) is 9.90 Å². The van der Waals surface area contributed by atoms with Gasteiger partial charge in [0.2, 0.25) is 0 Å². The van der Waals surface area contributed by atoms with Gasteiger partial charge in [-0.15, -0.1) is 0 Å². The fraction of sp³-hybridized carbons (Fsp3) is 0.500. The number of nitrogens with one attached hydrogen (secondary N) is 2.